The Labute approximate surface area is 125 Å². The molecule has 0 aliphatic heterocycles. The molecule has 2 rings (SSSR count). The molecule has 2 aromatic rings. The first-order valence-corrected chi connectivity index (χ1v) is 7.15. The summed E-state index contributed by atoms with van der Waals surface area (Å²) >= 11 is 0. The Balaban J connectivity index is 2.16. The van der Waals surface area contributed by atoms with Gasteiger partial charge in [0.25, 0.3) is 0 Å². The van der Waals surface area contributed by atoms with Crippen molar-refractivity contribution in [3.8, 4) is 0 Å². The third-order valence-corrected chi connectivity index (χ3v) is 3.45. The summed E-state index contributed by atoms with van der Waals surface area (Å²) in [6.45, 7) is 6.28. The smallest absolute Gasteiger partial charge is 0.244 e. The maximum absolute atomic E-state index is 12.7. The van der Waals surface area contributed by atoms with Crippen molar-refractivity contribution in [3.63, 3.8) is 0 Å². The largest absolute Gasteiger partial charge is 0.464 e. The highest BCUT2D eigenvalue weighted by Crippen LogP contribution is 2.18. The average Bonchev–Trinajstić information content (AvgIpc) is 2.89. The Bertz CT molecular complexity index is 590. The van der Waals surface area contributed by atoms with Gasteiger partial charge in [-0.25, -0.2) is 0 Å². The molecule has 0 saturated carbocycles. The number of benzene rings is 1. The molecule has 21 heavy (non-hydrogen) atoms. The van der Waals surface area contributed by atoms with Crippen LogP contribution in [0.4, 0.5) is 0 Å². The maximum atomic E-state index is 12.7. The van der Waals surface area contributed by atoms with Gasteiger partial charge in [-0.15, -0.1) is 0 Å². The number of nitrogens with two attached hydrogens (primary N) is 1. The van der Waals surface area contributed by atoms with Gasteiger partial charge in [-0.3, -0.25) is 4.79 Å². The van der Waals surface area contributed by atoms with Crippen LogP contribution in [0.1, 0.15) is 37.0 Å². The van der Waals surface area contributed by atoms with Crippen molar-refractivity contribution in [2.24, 2.45) is 5.73 Å². The molecule has 0 bridgehead atoms. The van der Waals surface area contributed by atoms with Crippen molar-refractivity contribution >= 4 is 5.91 Å². The highest BCUT2D eigenvalue weighted by molar-refractivity contribution is 5.83. The molecule has 0 unspecified atom stereocenters. The molecule has 2 N–H and O–H groups in total. The van der Waals surface area contributed by atoms with Gasteiger partial charge in [-0.2, -0.15) is 0 Å². The number of furan rings is 1. The zero-order valence-electron chi connectivity index (χ0n) is 12.7. The standard InChI is InChI=1S/C17H22N2O2/c1-12(2)19(11-15-10-9-13(3)21-15)17(20)16(18)14-7-5-4-6-8-14/h4-10,12,16H,11,18H2,1-3H3/t16-/m0/s1. The summed E-state index contributed by atoms with van der Waals surface area (Å²) in [6.07, 6.45) is 0. The first kappa shape index (κ1) is 15.3. The van der Waals surface area contributed by atoms with Crippen LogP contribution in [0.3, 0.4) is 0 Å². The lowest BCUT2D eigenvalue weighted by molar-refractivity contribution is -0.135. The molecule has 0 saturated heterocycles. The van der Waals surface area contributed by atoms with E-state index in [1.54, 1.807) is 4.90 Å². The Morgan fingerprint density at radius 3 is 2.38 bits per heavy atom. The van der Waals surface area contributed by atoms with E-state index in [2.05, 4.69) is 0 Å². The fourth-order valence-electron chi connectivity index (χ4n) is 2.23. The molecule has 0 fully saturated rings. The summed E-state index contributed by atoms with van der Waals surface area (Å²) in [5, 5.41) is 0. The second-order valence-electron chi connectivity index (χ2n) is 5.46. The molecule has 1 aromatic heterocycles. The summed E-state index contributed by atoms with van der Waals surface area (Å²) in [5.74, 6) is 1.52. The highest BCUT2D eigenvalue weighted by atomic mass is 16.3. The summed E-state index contributed by atoms with van der Waals surface area (Å²) in [6, 6.07) is 12.6. The number of aryl methyl sites for hydroxylation is 1. The number of hydrogen-bond acceptors (Lipinski definition) is 3. The van der Waals surface area contributed by atoms with E-state index in [4.69, 9.17) is 10.2 Å². The molecule has 1 heterocycles. The maximum Gasteiger partial charge on any atom is 0.244 e. The van der Waals surface area contributed by atoms with Gasteiger partial charge in [0.15, 0.2) is 0 Å². The van der Waals surface area contributed by atoms with Crippen LogP contribution in [0, 0.1) is 6.92 Å². The Kier molecular flexibility index (Phi) is 4.81. The van der Waals surface area contributed by atoms with Crippen LogP contribution in [0.5, 0.6) is 0 Å². The molecule has 0 aliphatic rings. The lowest BCUT2D eigenvalue weighted by atomic mass is 10.1. The molecule has 0 radical (unpaired) electrons. The summed E-state index contributed by atoms with van der Waals surface area (Å²) in [4.78, 5) is 14.4. The third kappa shape index (κ3) is 3.73. The van der Waals surface area contributed by atoms with Crippen LogP contribution in [-0.2, 0) is 11.3 Å². The molecule has 112 valence electrons. The molecule has 1 amide bonds. The highest BCUT2D eigenvalue weighted by Gasteiger charge is 2.25. The molecule has 1 atom stereocenters. The van der Waals surface area contributed by atoms with Crippen LogP contribution >= 0.6 is 0 Å². The minimum Gasteiger partial charge on any atom is -0.464 e. The number of carbonyl (C=O) groups is 1. The first-order chi connectivity index (χ1) is 9.99. The van der Waals surface area contributed by atoms with E-state index >= 15 is 0 Å². The minimum absolute atomic E-state index is 0.0534. The zero-order chi connectivity index (χ0) is 15.4. The van der Waals surface area contributed by atoms with Crippen molar-refractivity contribution in [1.82, 2.24) is 4.90 Å². The van der Waals surface area contributed by atoms with Crippen LogP contribution in [0.15, 0.2) is 46.9 Å². The number of carbonyl (C=O) groups excluding carboxylic acids is 1. The van der Waals surface area contributed by atoms with E-state index < -0.39 is 6.04 Å². The number of nitrogens with zero attached hydrogens (tertiary/aromatic N) is 1. The lowest BCUT2D eigenvalue weighted by Crippen LogP contribution is -2.42. The van der Waals surface area contributed by atoms with E-state index in [1.807, 2.05) is 63.2 Å². The predicted molar refractivity (Wildman–Crippen MR) is 82.5 cm³/mol. The first-order valence-electron chi connectivity index (χ1n) is 7.15. The molecule has 4 heteroatoms. The normalized spacial score (nSPS) is 12.4. The zero-order valence-corrected chi connectivity index (χ0v) is 12.7. The van der Waals surface area contributed by atoms with Gasteiger partial charge < -0.3 is 15.1 Å². The Morgan fingerprint density at radius 2 is 1.86 bits per heavy atom. The van der Waals surface area contributed by atoms with Gasteiger partial charge in [0.05, 0.1) is 6.54 Å². The van der Waals surface area contributed by atoms with Crippen LogP contribution in [-0.4, -0.2) is 16.8 Å². The van der Waals surface area contributed by atoms with Crippen LogP contribution in [0.25, 0.3) is 0 Å². The second kappa shape index (κ2) is 6.59. The molecule has 1 aromatic carbocycles. The third-order valence-electron chi connectivity index (χ3n) is 3.45. The number of hydrogen-bond donors (Lipinski definition) is 1. The van der Waals surface area contributed by atoms with Gasteiger partial charge >= 0.3 is 0 Å². The SMILES string of the molecule is Cc1ccc(CN(C(=O)[C@@H](N)c2ccccc2)C(C)C)o1. The minimum atomic E-state index is -0.648. The van der Waals surface area contributed by atoms with Gasteiger partial charge in [-0.05, 0) is 38.5 Å². The molecular formula is C17H22N2O2. The summed E-state index contributed by atoms with van der Waals surface area (Å²) in [5.41, 5.74) is 6.94. The fourth-order valence-corrected chi connectivity index (χ4v) is 2.23. The van der Waals surface area contributed by atoms with Gasteiger partial charge in [0.2, 0.25) is 5.91 Å². The van der Waals surface area contributed by atoms with Crippen molar-refractivity contribution in [2.45, 2.75) is 39.4 Å². The molecule has 0 spiro atoms. The molecular weight excluding hydrogens is 264 g/mol. The topological polar surface area (TPSA) is 59.5 Å². The van der Waals surface area contributed by atoms with Crippen molar-refractivity contribution in [1.29, 1.82) is 0 Å². The van der Waals surface area contributed by atoms with Crippen LogP contribution < -0.4 is 5.73 Å². The lowest BCUT2D eigenvalue weighted by Gasteiger charge is -2.28. The van der Waals surface area contributed by atoms with E-state index in [0.717, 1.165) is 17.1 Å². The van der Waals surface area contributed by atoms with E-state index in [-0.39, 0.29) is 11.9 Å². The average molecular weight is 286 g/mol. The second-order valence-corrected chi connectivity index (χ2v) is 5.46. The van der Waals surface area contributed by atoms with Crippen molar-refractivity contribution < 1.29 is 9.21 Å². The Hall–Kier alpha value is -2.07. The number of amides is 1. The quantitative estimate of drug-likeness (QED) is 0.919. The van der Waals surface area contributed by atoms with E-state index in [9.17, 15) is 4.79 Å². The summed E-state index contributed by atoms with van der Waals surface area (Å²) in [7, 11) is 0. The monoisotopic (exact) mass is 286 g/mol. The number of rotatable bonds is 5. The van der Waals surface area contributed by atoms with Crippen LogP contribution in [0.2, 0.25) is 0 Å². The predicted octanol–water partition coefficient (Wildman–Crippen LogP) is 3.03. The van der Waals surface area contributed by atoms with E-state index in [1.165, 1.54) is 0 Å². The van der Waals surface area contributed by atoms with Crippen molar-refractivity contribution in [2.75, 3.05) is 0 Å². The summed E-state index contributed by atoms with van der Waals surface area (Å²) < 4.78 is 5.57. The Morgan fingerprint density at radius 1 is 1.19 bits per heavy atom. The van der Waals surface area contributed by atoms with Gasteiger partial charge in [0, 0.05) is 6.04 Å². The molecule has 4 nitrogen and oxygen atoms in total. The van der Waals surface area contributed by atoms with E-state index in [0.29, 0.717) is 6.54 Å². The van der Waals surface area contributed by atoms with Crippen molar-refractivity contribution in [3.05, 3.63) is 59.5 Å². The fraction of sp³-hybridized carbons (Fsp3) is 0.353. The molecule has 0 aliphatic carbocycles. The van der Waals surface area contributed by atoms with Gasteiger partial charge in [-0.1, -0.05) is 30.3 Å². The van der Waals surface area contributed by atoms with Gasteiger partial charge in [0.1, 0.15) is 17.6 Å².